The highest BCUT2D eigenvalue weighted by atomic mass is 16.6. The Morgan fingerprint density at radius 3 is 2.68 bits per heavy atom. The van der Waals surface area contributed by atoms with Crippen molar-refractivity contribution in [1.82, 2.24) is 0 Å². The van der Waals surface area contributed by atoms with Crippen LogP contribution >= 0.6 is 0 Å². The molecule has 0 radical (unpaired) electrons. The minimum Gasteiger partial charge on any atom is -0.493 e. The van der Waals surface area contributed by atoms with Crippen molar-refractivity contribution >= 4 is 11.7 Å². The summed E-state index contributed by atoms with van der Waals surface area (Å²) in [7, 11) is 1.43. The van der Waals surface area contributed by atoms with Crippen LogP contribution in [-0.2, 0) is 40.1 Å². The number of ether oxygens (including phenoxy) is 3. The van der Waals surface area contributed by atoms with Gasteiger partial charge in [0, 0.05) is 24.3 Å². The number of anilines is 1. The molecule has 6 nitrogen and oxygen atoms in total. The first kappa shape index (κ1) is 24.6. The van der Waals surface area contributed by atoms with Crippen molar-refractivity contribution in [2.24, 2.45) is 5.73 Å². The molecule has 2 aliphatic rings. The predicted octanol–water partition coefficient (Wildman–Crippen LogP) is 5.09. The Labute approximate surface area is 203 Å². The number of aryl methyl sites for hydroxylation is 1. The molecule has 4 rings (SSSR count). The van der Waals surface area contributed by atoms with Gasteiger partial charge in [0.2, 0.25) is 0 Å². The van der Waals surface area contributed by atoms with Crippen molar-refractivity contribution in [1.29, 1.82) is 0 Å². The molecule has 1 unspecified atom stereocenters. The number of nitrogens with two attached hydrogens (primary N) is 1. The number of esters is 1. The molecule has 2 aromatic rings. The van der Waals surface area contributed by atoms with Crippen molar-refractivity contribution < 1.29 is 19.0 Å². The lowest BCUT2D eigenvalue weighted by molar-refractivity contribution is -0.164. The van der Waals surface area contributed by atoms with Gasteiger partial charge in [-0.1, -0.05) is 13.0 Å². The first-order valence-electron chi connectivity index (χ1n) is 12.4. The first-order valence-corrected chi connectivity index (χ1v) is 12.4. The highest BCUT2D eigenvalue weighted by Gasteiger charge is 2.36. The quantitative estimate of drug-likeness (QED) is 0.577. The second-order valence-electron chi connectivity index (χ2n) is 10.1. The highest BCUT2D eigenvalue weighted by molar-refractivity contribution is 5.88. The molecule has 3 N–H and O–H groups in total. The molecular formula is C28H38N2O4. The van der Waals surface area contributed by atoms with Gasteiger partial charge < -0.3 is 25.3 Å². The van der Waals surface area contributed by atoms with Gasteiger partial charge in [-0.3, -0.25) is 0 Å². The van der Waals surface area contributed by atoms with E-state index in [2.05, 4.69) is 30.4 Å². The maximum absolute atomic E-state index is 13.2. The van der Waals surface area contributed by atoms with Gasteiger partial charge in [0.05, 0.1) is 19.3 Å². The maximum Gasteiger partial charge on any atom is 0.339 e. The fraction of sp³-hybridized carbons (Fsp3) is 0.536. The van der Waals surface area contributed by atoms with Gasteiger partial charge in [0.15, 0.2) is 6.10 Å². The van der Waals surface area contributed by atoms with Gasteiger partial charge in [0.25, 0.3) is 0 Å². The Kier molecular flexibility index (Phi) is 7.20. The van der Waals surface area contributed by atoms with E-state index >= 15 is 0 Å². The van der Waals surface area contributed by atoms with Crippen LogP contribution in [0.25, 0.3) is 11.1 Å². The first-order chi connectivity index (χ1) is 16.3. The van der Waals surface area contributed by atoms with Crippen LogP contribution in [0.3, 0.4) is 0 Å². The number of methoxy groups -OCH3 is 1. The third-order valence-electron chi connectivity index (χ3n) is 6.67. The van der Waals surface area contributed by atoms with E-state index in [0.717, 1.165) is 90.1 Å². The fourth-order valence-corrected chi connectivity index (χ4v) is 5.32. The summed E-state index contributed by atoms with van der Waals surface area (Å²) in [6.45, 7) is 10.1. The molecule has 0 saturated carbocycles. The molecule has 34 heavy (non-hydrogen) atoms. The van der Waals surface area contributed by atoms with E-state index in [1.54, 1.807) is 0 Å². The van der Waals surface area contributed by atoms with E-state index in [9.17, 15) is 4.79 Å². The number of carbonyl (C=O) groups excluding carboxylic acids is 1. The Bertz CT molecular complexity index is 1070. The van der Waals surface area contributed by atoms with Crippen LogP contribution in [0.5, 0.6) is 5.75 Å². The molecule has 0 amide bonds. The average Bonchev–Trinajstić information content (AvgIpc) is 2.84. The number of fused-ring (bicyclic) bond motifs is 2. The molecular weight excluding hydrogens is 428 g/mol. The van der Waals surface area contributed by atoms with Gasteiger partial charge in [0.1, 0.15) is 5.75 Å². The van der Waals surface area contributed by atoms with Gasteiger partial charge in [-0.2, -0.15) is 0 Å². The van der Waals surface area contributed by atoms with Gasteiger partial charge in [-0.15, -0.1) is 0 Å². The Morgan fingerprint density at radius 2 is 2.00 bits per heavy atom. The third-order valence-corrected chi connectivity index (χ3v) is 6.67. The Hall–Kier alpha value is -2.57. The van der Waals surface area contributed by atoms with Crippen molar-refractivity contribution in [3.63, 3.8) is 0 Å². The molecule has 0 bridgehead atoms. The number of nitrogens with one attached hydrogen (secondary N) is 1. The summed E-state index contributed by atoms with van der Waals surface area (Å²) < 4.78 is 17.6. The van der Waals surface area contributed by atoms with Crippen LogP contribution in [0.2, 0.25) is 0 Å². The standard InChI is InChI=1S/C28H38N2O4/c1-6-19-21(16-29)25-20(10-7-13-30-25)24(26(27(31)32-5)34-28(2,3)4)23(19)18-11-12-22-17(15-18)9-8-14-33-22/h11-12,15,26,30H,6-10,13-14,16,29H2,1-5H3. The second kappa shape index (κ2) is 9.96. The van der Waals surface area contributed by atoms with E-state index in [1.807, 2.05) is 20.8 Å². The lowest BCUT2D eigenvalue weighted by Gasteiger charge is -2.34. The van der Waals surface area contributed by atoms with Crippen molar-refractivity contribution in [3.8, 4) is 16.9 Å². The van der Waals surface area contributed by atoms with Crippen LogP contribution in [0.15, 0.2) is 18.2 Å². The molecule has 0 fully saturated rings. The minimum atomic E-state index is -0.835. The van der Waals surface area contributed by atoms with Crippen LogP contribution in [0, 0.1) is 0 Å². The second-order valence-corrected chi connectivity index (χ2v) is 10.1. The van der Waals surface area contributed by atoms with Gasteiger partial charge >= 0.3 is 5.97 Å². The molecule has 0 aromatic heterocycles. The summed E-state index contributed by atoms with van der Waals surface area (Å²) in [5, 5.41) is 3.59. The largest absolute Gasteiger partial charge is 0.493 e. The summed E-state index contributed by atoms with van der Waals surface area (Å²) >= 11 is 0. The predicted molar refractivity (Wildman–Crippen MR) is 135 cm³/mol. The van der Waals surface area contributed by atoms with Crippen molar-refractivity contribution in [2.75, 3.05) is 25.6 Å². The van der Waals surface area contributed by atoms with Crippen molar-refractivity contribution in [3.05, 3.63) is 46.0 Å². The van der Waals surface area contributed by atoms with E-state index in [-0.39, 0.29) is 5.97 Å². The maximum atomic E-state index is 13.2. The molecule has 0 spiro atoms. The molecule has 184 valence electrons. The normalized spacial score (nSPS) is 16.1. The average molecular weight is 467 g/mol. The Balaban J connectivity index is 2.06. The zero-order chi connectivity index (χ0) is 24.5. The summed E-state index contributed by atoms with van der Waals surface area (Å²) in [4.78, 5) is 13.2. The monoisotopic (exact) mass is 466 g/mol. The molecule has 0 aliphatic carbocycles. The lowest BCUT2D eigenvalue weighted by atomic mass is 9.79. The molecule has 2 aliphatic heterocycles. The fourth-order valence-electron chi connectivity index (χ4n) is 5.32. The van der Waals surface area contributed by atoms with Crippen LogP contribution in [0.4, 0.5) is 5.69 Å². The van der Waals surface area contributed by atoms with E-state index in [1.165, 1.54) is 12.7 Å². The number of rotatable bonds is 6. The zero-order valence-corrected chi connectivity index (χ0v) is 21.2. The smallest absolute Gasteiger partial charge is 0.339 e. The number of hydrogen-bond donors (Lipinski definition) is 2. The van der Waals surface area contributed by atoms with Crippen LogP contribution < -0.4 is 15.8 Å². The molecule has 0 saturated heterocycles. The summed E-state index contributed by atoms with van der Waals surface area (Å²) in [6.07, 6.45) is 3.78. The minimum absolute atomic E-state index is 0.382. The molecule has 2 aromatic carbocycles. The topological polar surface area (TPSA) is 82.8 Å². The third kappa shape index (κ3) is 4.66. The zero-order valence-electron chi connectivity index (χ0n) is 21.2. The summed E-state index contributed by atoms with van der Waals surface area (Å²) in [5.74, 6) is 0.566. The van der Waals surface area contributed by atoms with Crippen LogP contribution in [0.1, 0.15) is 74.5 Å². The molecule has 1 atom stereocenters. The summed E-state index contributed by atoms with van der Waals surface area (Å²) in [5.41, 5.74) is 14.5. The number of benzene rings is 2. The van der Waals surface area contributed by atoms with Crippen LogP contribution in [-0.4, -0.2) is 31.8 Å². The number of hydrogen-bond acceptors (Lipinski definition) is 6. The molecule has 6 heteroatoms. The van der Waals surface area contributed by atoms with E-state index in [4.69, 9.17) is 19.9 Å². The van der Waals surface area contributed by atoms with Crippen molar-refractivity contribution in [2.45, 2.75) is 78.0 Å². The van der Waals surface area contributed by atoms with E-state index < -0.39 is 11.7 Å². The van der Waals surface area contributed by atoms with Gasteiger partial charge in [-0.25, -0.2) is 4.79 Å². The molecule has 2 heterocycles. The Morgan fingerprint density at radius 1 is 1.21 bits per heavy atom. The van der Waals surface area contributed by atoms with E-state index in [0.29, 0.717) is 6.54 Å². The summed E-state index contributed by atoms with van der Waals surface area (Å²) in [6, 6.07) is 6.39. The lowest BCUT2D eigenvalue weighted by Crippen LogP contribution is -2.31. The SMILES string of the molecule is CCc1c(CN)c2c(c(C(OC(C)(C)C)C(=O)OC)c1-c1ccc3c(c1)CCCO3)CCCN2. The highest BCUT2D eigenvalue weighted by Crippen LogP contribution is 2.46. The number of carbonyl (C=O) groups is 1. The van der Waals surface area contributed by atoms with Gasteiger partial charge in [-0.05, 0) is 98.4 Å².